The van der Waals surface area contributed by atoms with Crippen molar-refractivity contribution in [3.8, 4) is 22.3 Å². The van der Waals surface area contributed by atoms with Gasteiger partial charge in [0.15, 0.2) is 5.75 Å². The summed E-state index contributed by atoms with van der Waals surface area (Å²) in [7, 11) is -4.21. The van der Waals surface area contributed by atoms with Gasteiger partial charge in [-0.1, -0.05) is 12.1 Å². The van der Waals surface area contributed by atoms with Crippen LogP contribution in [0.2, 0.25) is 0 Å². The lowest BCUT2D eigenvalue weighted by Crippen LogP contribution is -2.10. The van der Waals surface area contributed by atoms with Crippen LogP contribution < -0.4 is 4.18 Å². The van der Waals surface area contributed by atoms with E-state index < -0.39 is 15.0 Å². The molecule has 0 aliphatic heterocycles. The first-order valence-corrected chi connectivity index (χ1v) is 9.46. The molecule has 0 radical (unpaired) electrons. The summed E-state index contributed by atoms with van der Waals surface area (Å²) in [6.45, 7) is 0. The summed E-state index contributed by atoms with van der Waals surface area (Å²) in [4.78, 5) is 10.9. The average molecular weight is 386 g/mol. The van der Waals surface area contributed by atoms with Gasteiger partial charge in [-0.3, -0.25) is 10.1 Å². The quantitative estimate of drug-likeness (QED) is 0.373. The van der Waals surface area contributed by atoms with E-state index in [2.05, 4.69) is 0 Å². The molecule has 0 saturated heterocycles. The molecule has 0 aliphatic rings. The van der Waals surface area contributed by atoms with Gasteiger partial charge in [-0.2, -0.15) is 13.7 Å². The highest BCUT2D eigenvalue weighted by molar-refractivity contribution is 7.87. The monoisotopic (exact) mass is 386 g/mol. The summed E-state index contributed by atoms with van der Waals surface area (Å²) in [6, 6.07) is 14.4. The fraction of sp³-hybridized carbons (Fsp3) is 0. The second-order valence-corrected chi connectivity index (χ2v) is 7.59. The van der Waals surface area contributed by atoms with Crippen LogP contribution in [0.15, 0.2) is 64.9 Å². The van der Waals surface area contributed by atoms with Gasteiger partial charge < -0.3 is 4.18 Å². The van der Waals surface area contributed by atoms with E-state index in [1.807, 2.05) is 6.07 Å². The van der Waals surface area contributed by atoms with Crippen molar-refractivity contribution in [3.63, 3.8) is 0 Å². The average Bonchev–Trinajstić information content (AvgIpc) is 3.16. The highest BCUT2D eigenvalue weighted by Gasteiger charge is 2.22. The predicted molar refractivity (Wildman–Crippen MR) is 95.4 cm³/mol. The summed E-state index contributed by atoms with van der Waals surface area (Å²) < 4.78 is 30.3. The molecule has 0 bridgehead atoms. The van der Waals surface area contributed by atoms with Crippen molar-refractivity contribution in [2.45, 2.75) is 4.90 Å². The van der Waals surface area contributed by atoms with Gasteiger partial charge in [0.1, 0.15) is 4.90 Å². The number of nitrogens with zero attached hydrogens (tertiary/aromatic N) is 2. The van der Waals surface area contributed by atoms with Crippen LogP contribution in [0.25, 0.3) is 10.4 Å². The molecule has 1 heterocycles. The number of hydrogen-bond donors (Lipinski definition) is 0. The molecule has 3 aromatic rings. The fourth-order valence-corrected chi connectivity index (χ4v) is 3.96. The summed E-state index contributed by atoms with van der Waals surface area (Å²) in [5.41, 5.74) is 0.302. The molecule has 7 nitrogen and oxygen atoms in total. The molecule has 130 valence electrons. The van der Waals surface area contributed by atoms with E-state index in [0.717, 1.165) is 0 Å². The maximum absolute atomic E-state index is 12.5. The minimum absolute atomic E-state index is 0.0274. The van der Waals surface area contributed by atoms with Gasteiger partial charge in [-0.05, 0) is 35.7 Å². The van der Waals surface area contributed by atoms with Crippen molar-refractivity contribution >= 4 is 27.1 Å². The minimum Gasteiger partial charge on any atom is -0.378 e. The van der Waals surface area contributed by atoms with E-state index in [-0.39, 0.29) is 21.9 Å². The maximum Gasteiger partial charge on any atom is 0.339 e. The van der Waals surface area contributed by atoms with Crippen LogP contribution in [0.1, 0.15) is 5.56 Å². The van der Waals surface area contributed by atoms with E-state index in [9.17, 15) is 18.5 Å². The molecule has 0 N–H and O–H groups in total. The molecule has 0 spiro atoms. The Morgan fingerprint density at radius 3 is 2.58 bits per heavy atom. The third-order valence-electron chi connectivity index (χ3n) is 3.41. The van der Waals surface area contributed by atoms with Gasteiger partial charge in [-0.15, -0.1) is 11.3 Å². The number of thiophene rings is 1. The van der Waals surface area contributed by atoms with E-state index in [4.69, 9.17) is 9.44 Å². The zero-order valence-corrected chi connectivity index (χ0v) is 14.7. The van der Waals surface area contributed by atoms with Gasteiger partial charge in [-0.25, -0.2) is 0 Å². The lowest BCUT2D eigenvalue weighted by molar-refractivity contribution is -0.384. The van der Waals surface area contributed by atoms with Crippen LogP contribution in [0.3, 0.4) is 0 Å². The van der Waals surface area contributed by atoms with Gasteiger partial charge in [0.25, 0.3) is 5.69 Å². The number of non-ortho nitro benzene ring substituents is 1. The van der Waals surface area contributed by atoms with E-state index >= 15 is 0 Å². The molecule has 2 aromatic carbocycles. The highest BCUT2D eigenvalue weighted by Crippen LogP contribution is 2.37. The molecule has 0 fully saturated rings. The van der Waals surface area contributed by atoms with Crippen molar-refractivity contribution in [2.24, 2.45) is 0 Å². The maximum atomic E-state index is 12.5. The van der Waals surface area contributed by atoms with Crippen molar-refractivity contribution in [3.05, 3.63) is 75.7 Å². The van der Waals surface area contributed by atoms with Crippen LogP contribution in [0.4, 0.5) is 5.69 Å². The zero-order chi connectivity index (χ0) is 18.7. The summed E-state index contributed by atoms with van der Waals surface area (Å²) >= 11 is 1.30. The van der Waals surface area contributed by atoms with Crippen molar-refractivity contribution in [1.29, 1.82) is 5.26 Å². The minimum atomic E-state index is -4.21. The summed E-state index contributed by atoms with van der Waals surface area (Å²) in [6.07, 6.45) is 0. The first-order chi connectivity index (χ1) is 12.4. The first kappa shape index (κ1) is 17.6. The SMILES string of the molecule is N#Cc1cccc(S(=O)(=O)Oc2ccc([N+](=O)[O-])cc2-c2cccs2)c1. The summed E-state index contributed by atoms with van der Waals surface area (Å²) in [5, 5.41) is 21.7. The largest absolute Gasteiger partial charge is 0.378 e. The normalized spacial score (nSPS) is 10.9. The van der Waals surface area contributed by atoms with Gasteiger partial charge in [0.05, 0.1) is 16.6 Å². The van der Waals surface area contributed by atoms with E-state index in [0.29, 0.717) is 10.4 Å². The third kappa shape index (κ3) is 3.56. The molecule has 1 aromatic heterocycles. The molecule has 0 saturated carbocycles. The number of nitriles is 1. The van der Waals surface area contributed by atoms with Crippen LogP contribution >= 0.6 is 11.3 Å². The Balaban J connectivity index is 2.06. The molecular formula is C17H10N2O5S2. The molecule has 9 heteroatoms. The molecular weight excluding hydrogens is 376 g/mol. The van der Waals surface area contributed by atoms with Crippen LogP contribution in [-0.2, 0) is 10.1 Å². The first-order valence-electron chi connectivity index (χ1n) is 7.18. The lowest BCUT2D eigenvalue weighted by Gasteiger charge is -2.11. The smallest absolute Gasteiger partial charge is 0.339 e. The number of benzene rings is 2. The Kier molecular flexibility index (Phi) is 4.71. The van der Waals surface area contributed by atoms with Crippen LogP contribution in [0, 0.1) is 21.4 Å². The van der Waals surface area contributed by atoms with Crippen molar-refractivity contribution < 1.29 is 17.5 Å². The lowest BCUT2D eigenvalue weighted by atomic mass is 10.1. The molecule has 0 atom stereocenters. The highest BCUT2D eigenvalue weighted by atomic mass is 32.2. The standard InChI is InChI=1S/C17H10N2O5S2/c18-11-12-3-1-4-14(9-12)26(22,23)24-16-7-6-13(19(20)21)10-15(16)17-5-2-8-25-17/h1-10H. The second kappa shape index (κ2) is 6.95. The Labute approximate surface area is 153 Å². The fourth-order valence-electron chi connectivity index (χ4n) is 2.22. The van der Waals surface area contributed by atoms with Gasteiger partial charge in [0, 0.05) is 22.6 Å². The summed E-state index contributed by atoms with van der Waals surface area (Å²) in [5.74, 6) is -0.0274. The topological polar surface area (TPSA) is 110 Å². The molecule has 0 unspecified atom stereocenters. The number of nitro benzene ring substituents is 1. The Bertz CT molecular complexity index is 1120. The van der Waals surface area contributed by atoms with E-state index in [1.165, 1.54) is 53.8 Å². The van der Waals surface area contributed by atoms with E-state index in [1.54, 1.807) is 17.5 Å². The van der Waals surface area contributed by atoms with Gasteiger partial charge in [0.2, 0.25) is 0 Å². The second-order valence-electron chi connectivity index (χ2n) is 5.09. The predicted octanol–water partition coefficient (Wildman–Crippen LogP) is 3.96. The molecule has 3 rings (SSSR count). The Morgan fingerprint density at radius 1 is 1.12 bits per heavy atom. The molecule has 26 heavy (non-hydrogen) atoms. The molecule has 0 amide bonds. The van der Waals surface area contributed by atoms with Crippen molar-refractivity contribution in [2.75, 3.05) is 0 Å². The third-order valence-corrected chi connectivity index (χ3v) is 5.55. The number of hydrogen-bond acceptors (Lipinski definition) is 7. The van der Waals surface area contributed by atoms with Crippen LogP contribution in [-0.4, -0.2) is 13.3 Å². The van der Waals surface area contributed by atoms with Gasteiger partial charge >= 0.3 is 10.1 Å². The van der Waals surface area contributed by atoms with Crippen molar-refractivity contribution in [1.82, 2.24) is 0 Å². The number of rotatable bonds is 5. The van der Waals surface area contributed by atoms with Crippen LogP contribution in [0.5, 0.6) is 5.75 Å². The molecule has 0 aliphatic carbocycles. The zero-order valence-electron chi connectivity index (χ0n) is 13.0. The Morgan fingerprint density at radius 2 is 1.92 bits per heavy atom. The number of nitro groups is 1. The Hall–Kier alpha value is -3.22.